The molecule has 0 spiro atoms. The van der Waals surface area contributed by atoms with Crippen molar-refractivity contribution in [2.75, 3.05) is 32.1 Å². The smallest absolute Gasteiger partial charge is 0.237 e. The zero-order valence-electron chi connectivity index (χ0n) is 13.5. The third-order valence-electron chi connectivity index (χ3n) is 3.93. The Hall–Kier alpha value is -2.34. The topological polar surface area (TPSA) is 68.3 Å². The Balaban J connectivity index is 1.46. The monoisotopic (exact) mass is 314 g/mol. The molecule has 0 saturated carbocycles. The SMILES string of the molecule is COc1ccc(C(C)CNCC2CNc3cccnc3O2)cn1. The van der Waals surface area contributed by atoms with Crippen LogP contribution in [0.15, 0.2) is 36.7 Å². The molecule has 2 aromatic rings. The summed E-state index contributed by atoms with van der Waals surface area (Å²) in [5.74, 6) is 1.69. The summed E-state index contributed by atoms with van der Waals surface area (Å²) in [6, 6.07) is 7.82. The van der Waals surface area contributed by atoms with E-state index in [0.29, 0.717) is 17.7 Å². The molecule has 3 rings (SSSR count). The first-order chi connectivity index (χ1) is 11.3. The Morgan fingerprint density at radius 1 is 1.39 bits per heavy atom. The number of methoxy groups -OCH3 is 1. The van der Waals surface area contributed by atoms with Crippen molar-refractivity contribution >= 4 is 5.69 Å². The molecule has 3 heterocycles. The lowest BCUT2D eigenvalue weighted by Gasteiger charge is -2.26. The fraction of sp³-hybridized carbons (Fsp3) is 0.412. The number of ether oxygens (including phenoxy) is 2. The number of anilines is 1. The van der Waals surface area contributed by atoms with E-state index in [1.807, 2.05) is 24.4 Å². The summed E-state index contributed by atoms with van der Waals surface area (Å²) < 4.78 is 11.0. The quantitative estimate of drug-likeness (QED) is 0.850. The lowest BCUT2D eigenvalue weighted by atomic mass is 10.0. The number of hydrogen-bond donors (Lipinski definition) is 2. The highest BCUT2D eigenvalue weighted by molar-refractivity contribution is 5.53. The highest BCUT2D eigenvalue weighted by Gasteiger charge is 2.19. The van der Waals surface area contributed by atoms with Crippen LogP contribution >= 0.6 is 0 Å². The van der Waals surface area contributed by atoms with E-state index in [-0.39, 0.29) is 6.10 Å². The average molecular weight is 314 g/mol. The van der Waals surface area contributed by atoms with Crippen LogP contribution in [-0.4, -0.2) is 42.8 Å². The van der Waals surface area contributed by atoms with Crippen molar-refractivity contribution in [1.29, 1.82) is 0 Å². The van der Waals surface area contributed by atoms with Crippen molar-refractivity contribution in [3.63, 3.8) is 0 Å². The molecule has 23 heavy (non-hydrogen) atoms. The van der Waals surface area contributed by atoms with Crippen molar-refractivity contribution in [2.24, 2.45) is 0 Å². The first-order valence-corrected chi connectivity index (χ1v) is 7.82. The number of pyridine rings is 2. The van der Waals surface area contributed by atoms with E-state index in [4.69, 9.17) is 9.47 Å². The molecule has 0 bridgehead atoms. The molecular formula is C17H22N4O2. The predicted molar refractivity (Wildman–Crippen MR) is 89.2 cm³/mol. The van der Waals surface area contributed by atoms with Crippen LogP contribution < -0.4 is 20.1 Å². The van der Waals surface area contributed by atoms with Crippen LogP contribution in [0.25, 0.3) is 0 Å². The van der Waals surface area contributed by atoms with Gasteiger partial charge in [-0.15, -0.1) is 0 Å². The van der Waals surface area contributed by atoms with Crippen LogP contribution in [0.5, 0.6) is 11.8 Å². The molecule has 2 aromatic heterocycles. The van der Waals surface area contributed by atoms with E-state index >= 15 is 0 Å². The fourth-order valence-corrected chi connectivity index (χ4v) is 2.54. The molecule has 0 saturated heterocycles. The Morgan fingerprint density at radius 2 is 2.30 bits per heavy atom. The Morgan fingerprint density at radius 3 is 3.09 bits per heavy atom. The highest BCUT2D eigenvalue weighted by atomic mass is 16.5. The van der Waals surface area contributed by atoms with E-state index in [9.17, 15) is 0 Å². The van der Waals surface area contributed by atoms with Gasteiger partial charge in [-0.1, -0.05) is 13.0 Å². The van der Waals surface area contributed by atoms with Gasteiger partial charge in [-0.25, -0.2) is 9.97 Å². The molecule has 2 unspecified atom stereocenters. The Bertz CT molecular complexity index is 633. The molecule has 0 radical (unpaired) electrons. The van der Waals surface area contributed by atoms with Crippen molar-refractivity contribution in [3.05, 3.63) is 42.2 Å². The van der Waals surface area contributed by atoms with Crippen molar-refractivity contribution in [2.45, 2.75) is 18.9 Å². The maximum Gasteiger partial charge on any atom is 0.237 e. The van der Waals surface area contributed by atoms with Crippen LogP contribution in [-0.2, 0) is 0 Å². The van der Waals surface area contributed by atoms with Crippen LogP contribution in [0.3, 0.4) is 0 Å². The Kier molecular flexibility index (Phi) is 4.92. The van der Waals surface area contributed by atoms with Crippen molar-refractivity contribution < 1.29 is 9.47 Å². The number of hydrogen-bond acceptors (Lipinski definition) is 6. The van der Waals surface area contributed by atoms with Crippen LogP contribution in [0.1, 0.15) is 18.4 Å². The molecule has 0 aromatic carbocycles. The van der Waals surface area contributed by atoms with Gasteiger partial charge in [0.15, 0.2) is 0 Å². The second-order valence-corrected chi connectivity index (χ2v) is 5.67. The molecule has 0 amide bonds. The molecule has 122 valence electrons. The Labute approximate surface area is 136 Å². The van der Waals surface area contributed by atoms with Gasteiger partial charge >= 0.3 is 0 Å². The second kappa shape index (κ2) is 7.28. The second-order valence-electron chi connectivity index (χ2n) is 5.67. The van der Waals surface area contributed by atoms with Crippen LogP contribution in [0.2, 0.25) is 0 Å². The standard InChI is InChI=1S/C17H22N4O2/c1-12(13-5-6-16(22-2)21-9-13)8-18-10-14-11-20-15-4-3-7-19-17(15)23-14/h3-7,9,12,14,18,20H,8,10-11H2,1-2H3. The number of nitrogens with one attached hydrogen (secondary N) is 2. The van der Waals surface area contributed by atoms with Gasteiger partial charge in [0.25, 0.3) is 0 Å². The average Bonchev–Trinajstić information content (AvgIpc) is 2.61. The van der Waals surface area contributed by atoms with E-state index in [1.165, 1.54) is 5.56 Å². The zero-order valence-corrected chi connectivity index (χ0v) is 13.5. The molecule has 2 N–H and O–H groups in total. The lowest BCUT2D eigenvalue weighted by molar-refractivity contribution is 0.193. The molecule has 2 atom stereocenters. The molecule has 6 heteroatoms. The van der Waals surface area contributed by atoms with Crippen molar-refractivity contribution in [3.8, 4) is 11.8 Å². The molecule has 0 fully saturated rings. The summed E-state index contributed by atoms with van der Waals surface area (Å²) in [4.78, 5) is 8.49. The van der Waals surface area contributed by atoms with E-state index < -0.39 is 0 Å². The summed E-state index contributed by atoms with van der Waals surface area (Å²) in [5.41, 5.74) is 2.15. The predicted octanol–water partition coefficient (Wildman–Crippen LogP) is 2.05. The lowest BCUT2D eigenvalue weighted by Crippen LogP contribution is -2.40. The van der Waals surface area contributed by atoms with E-state index in [0.717, 1.165) is 25.3 Å². The third kappa shape index (κ3) is 3.90. The number of aromatic nitrogens is 2. The van der Waals surface area contributed by atoms with Gasteiger partial charge < -0.3 is 20.1 Å². The highest BCUT2D eigenvalue weighted by Crippen LogP contribution is 2.25. The molecular weight excluding hydrogens is 292 g/mol. The molecule has 0 aliphatic carbocycles. The van der Waals surface area contributed by atoms with E-state index in [1.54, 1.807) is 13.3 Å². The zero-order chi connectivity index (χ0) is 16.1. The maximum atomic E-state index is 5.88. The van der Waals surface area contributed by atoms with Gasteiger partial charge in [-0.05, 0) is 23.6 Å². The summed E-state index contributed by atoms with van der Waals surface area (Å²) in [5, 5.41) is 6.80. The third-order valence-corrected chi connectivity index (χ3v) is 3.93. The minimum atomic E-state index is 0.0820. The number of fused-ring (bicyclic) bond motifs is 1. The summed E-state index contributed by atoms with van der Waals surface area (Å²) in [6.07, 6.45) is 3.69. The van der Waals surface area contributed by atoms with Gasteiger partial charge in [-0.3, -0.25) is 0 Å². The molecule has 6 nitrogen and oxygen atoms in total. The first-order valence-electron chi connectivity index (χ1n) is 7.82. The summed E-state index contributed by atoms with van der Waals surface area (Å²) >= 11 is 0. The van der Waals surface area contributed by atoms with Crippen LogP contribution in [0, 0.1) is 0 Å². The fourth-order valence-electron chi connectivity index (χ4n) is 2.54. The van der Waals surface area contributed by atoms with E-state index in [2.05, 4.69) is 33.6 Å². The van der Waals surface area contributed by atoms with Crippen LogP contribution in [0.4, 0.5) is 5.69 Å². The van der Waals surface area contributed by atoms with Crippen molar-refractivity contribution in [1.82, 2.24) is 15.3 Å². The van der Waals surface area contributed by atoms with Gasteiger partial charge in [0.2, 0.25) is 11.8 Å². The van der Waals surface area contributed by atoms with Gasteiger partial charge in [-0.2, -0.15) is 0 Å². The minimum absolute atomic E-state index is 0.0820. The normalized spacial score (nSPS) is 17.6. The molecule has 1 aliphatic heterocycles. The van der Waals surface area contributed by atoms with Gasteiger partial charge in [0.1, 0.15) is 6.10 Å². The largest absolute Gasteiger partial charge is 0.481 e. The van der Waals surface area contributed by atoms with Gasteiger partial charge in [0.05, 0.1) is 19.3 Å². The van der Waals surface area contributed by atoms with Gasteiger partial charge in [0, 0.05) is 31.5 Å². The summed E-state index contributed by atoms with van der Waals surface area (Å²) in [6.45, 7) is 4.59. The number of rotatable bonds is 6. The molecule has 1 aliphatic rings. The maximum absolute atomic E-state index is 5.88. The first kappa shape index (κ1) is 15.6. The minimum Gasteiger partial charge on any atom is -0.481 e. The number of nitrogens with zero attached hydrogens (tertiary/aromatic N) is 2. The summed E-state index contributed by atoms with van der Waals surface area (Å²) in [7, 11) is 1.62.